The molecular formula is C18H27N3O4. The lowest BCUT2D eigenvalue weighted by Crippen LogP contribution is -2.41. The second-order valence-electron chi connectivity index (χ2n) is 6.22. The van der Waals surface area contributed by atoms with Crippen molar-refractivity contribution in [2.45, 2.75) is 13.3 Å². The Balaban J connectivity index is 1.95. The number of carbonyl (C=O) groups is 2. The summed E-state index contributed by atoms with van der Waals surface area (Å²) >= 11 is 0. The summed E-state index contributed by atoms with van der Waals surface area (Å²) in [6.45, 7) is 7.01. The van der Waals surface area contributed by atoms with E-state index in [-0.39, 0.29) is 17.8 Å². The molecule has 2 rings (SSSR count). The Labute approximate surface area is 148 Å². The van der Waals surface area contributed by atoms with Gasteiger partial charge in [0, 0.05) is 50.7 Å². The van der Waals surface area contributed by atoms with E-state index in [0.29, 0.717) is 18.7 Å². The summed E-state index contributed by atoms with van der Waals surface area (Å²) in [7, 11) is 1.37. The van der Waals surface area contributed by atoms with Crippen LogP contribution in [-0.4, -0.2) is 79.7 Å². The number of esters is 1. The summed E-state index contributed by atoms with van der Waals surface area (Å²) in [5.74, 6) is -0.750. The average Bonchev–Trinajstić information content (AvgIpc) is 2.67. The minimum absolute atomic E-state index is 0.0832. The number of nitrogens with zero attached hydrogens (tertiary/aromatic N) is 3. The first-order chi connectivity index (χ1) is 12.1. The molecule has 1 aliphatic rings. The summed E-state index contributed by atoms with van der Waals surface area (Å²) in [4.78, 5) is 32.5. The lowest BCUT2D eigenvalue weighted by molar-refractivity contribution is -0.145. The molecule has 25 heavy (non-hydrogen) atoms. The molecule has 0 radical (unpaired) electrons. The first-order valence-electron chi connectivity index (χ1n) is 8.69. The molecule has 0 saturated carbocycles. The van der Waals surface area contributed by atoms with Gasteiger partial charge in [-0.3, -0.25) is 19.5 Å². The highest BCUT2D eigenvalue weighted by Gasteiger charge is 2.22. The van der Waals surface area contributed by atoms with Crippen molar-refractivity contribution >= 4 is 11.9 Å². The van der Waals surface area contributed by atoms with Crippen LogP contribution in [0.1, 0.15) is 23.7 Å². The van der Waals surface area contributed by atoms with Crippen LogP contribution in [0.25, 0.3) is 0 Å². The third-order valence-corrected chi connectivity index (χ3v) is 4.32. The molecule has 2 heterocycles. The van der Waals surface area contributed by atoms with Crippen LogP contribution in [-0.2, 0) is 14.3 Å². The van der Waals surface area contributed by atoms with Gasteiger partial charge in [0.25, 0.3) is 5.91 Å². The summed E-state index contributed by atoms with van der Waals surface area (Å²) < 4.78 is 10.1. The van der Waals surface area contributed by atoms with Gasteiger partial charge < -0.3 is 14.4 Å². The molecule has 0 N–H and O–H groups in total. The summed E-state index contributed by atoms with van der Waals surface area (Å²) in [6.07, 6.45) is 4.05. The topological polar surface area (TPSA) is 72.0 Å². The maximum atomic E-state index is 12.8. The molecule has 1 aromatic heterocycles. The van der Waals surface area contributed by atoms with Gasteiger partial charge in [-0.15, -0.1) is 0 Å². The minimum Gasteiger partial charge on any atom is -0.469 e. The van der Waals surface area contributed by atoms with E-state index in [1.807, 2.05) is 0 Å². The molecule has 138 valence electrons. The number of morpholine rings is 1. The molecule has 1 saturated heterocycles. The smallest absolute Gasteiger partial charge is 0.310 e. The number of hydrogen-bond donors (Lipinski definition) is 0. The fourth-order valence-corrected chi connectivity index (χ4v) is 2.87. The van der Waals surface area contributed by atoms with Gasteiger partial charge in [-0.2, -0.15) is 0 Å². The number of pyridine rings is 1. The lowest BCUT2D eigenvalue weighted by atomic mass is 10.1. The first kappa shape index (κ1) is 19.3. The molecule has 0 aliphatic carbocycles. The number of aromatic nitrogens is 1. The molecule has 1 amide bonds. The van der Waals surface area contributed by atoms with E-state index in [2.05, 4.69) is 9.88 Å². The molecule has 0 bridgehead atoms. The third kappa shape index (κ3) is 6.10. The number of hydrogen-bond acceptors (Lipinski definition) is 6. The quantitative estimate of drug-likeness (QED) is 0.654. The van der Waals surface area contributed by atoms with Gasteiger partial charge >= 0.3 is 5.97 Å². The van der Waals surface area contributed by atoms with E-state index in [1.54, 1.807) is 36.4 Å². The second-order valence-corrected chi connectivity index (χ2v) is 6.22. The number of methoxy groups -OCH3 is 1. The molecule has 1 fully saturated rings. The Morgan fingerprint density at radius 1 is 1.32 bits per heavy atom. The van der Waals surface area contributed by atoms with Crippen molar-refractivity contribution in [3.05, 3.63) is 30.1 Å². The molecule has 0 spiro atoms. The Kier molecular flexibility index (Phi) is 7.81. The molecular weight excluding hydrogens is 322 g/mol. The molecule has 7 heteroatoms. The average molecular weight is 349 g/mol. The monoisotopic (exact) mass is 349 g/mol. The van der Waals surface area contributed by atoms with Crippen molar-refractivity contribution in [1.82, 2.24) is 14.8 Å². The molecule has 7 nitrogen and oxygen atoms in total. The van der Waals surface area contributed by atoms with Gasteiger partial charge in [-0.05, 0) is 18.6 Å². The van der Waals surface area contributed by atoms with E-state index in [0.717, 1.165) is 39.3 Å². The standard InChI is InChI=1S/C18H27N3O4/c1-15(18(23)24-2)14-21(17(22)16-4-6-19-7-5-16)9-3-8-20-10-12-25-13-11-20/h4-7,15H,3,8-14H2,1-2H3. The zero-order valence-corrected chi connectivity index (χ0v) is 15.0. The van der Waals surface area contributed by atoms with E-state index < -0.39 is 0 Å². The van der Waals surface area contributed by atoms with Gasteiger partial charge in [-0.1, -0.05) is 6.92 Å². The van der Waals surface area contributed by atoms with Gasteiger partial charge in [0.1, 0.15) is 0 Å². The zero-order valence-electron chi connectivity index (χ0n) is 15.0. The van der Waals surface area contributed by atoms with Crippen molar-refractivity contribution in [2.75, 3.05) is 53.0 Å². The third-order valence-electron chi connectivity index (χ3n) is 4.32. The fourth-order valence-electron chi connectivity index (χ4n) is 2.87. The normalized spacial score (nSPS) is 16.2. The molecule has 1 unspecified atom stereocenters. The zero-order chi connectivity index (χ0) is 18.1. The SMILES string of the molecule is COC(=O)C(C)CN(CCCN1CCOCC1)C(=O)c1ccncc1. The number of rotatable bonds is 8. The van der Waals surface area contributed by atoms with Gasteiger partial charge in [0.2, 0.25) is 0 Å². The number of ether oxygens (including phenoxy) is 2. The highest BCUT2D eigenvalue weighted by atomic mass is 16.5. The van der Waals surface area contributed by atoms with Crippen LogP contribution in [0, 0.1) is 5.92 Å². The maximum Gasteiger partial charge on any atom is 0.310 e. The van der Waals surface area contributed by atoms with E-state index in [4.69, 9.17) is 9.47 Å². The number of amides is 1. The predicted octanol–water partition coefficient (Wildman–Crippen LogP) is 1.06. The Morgan fingerprint density at radius 2 is 2.00 bits per heavy atom. The largest absolute Gasteiger partial charge is 0.469 e. The summed E-state index contributed by atoms with van der Waals surface area (Å²) in [6, 6.07) is 3.39. The van der Waals surface area contributed by atoms with E-state index >= 15 is 0 Å². The van der Waals surface area contributed by atoms with Crippen molar-refractivity contribution in [2.24, 2.45) is 5.92 Å². The fraction of sp³-hybridized carbons (Fsp3) is 0.611. The molecule has 1 atom stereocenters. The van der Waals surface area contributed by atoms with E-state index in [1.165, 1.54) is 7.11 Å². The minimum atomic E-state index is -0.362. The van der Waals surface area contributed by atoms with Crippen LogP contribution in [0.2, 0.25) is 0 Å². The van der Waals surface area contributed by atoms with Crippen molar-refractivity contribution in [3.63, 3.8) is 0 Å². The summed E-state index contributed by atoms with van der Waals surface area (Å²) in [5, 5.41) is 0. The second kappa shape index (κ2) is 10.1. The Bertz CT molecular complexity index is 547. The van der Waals surface area contributed by atoms with Crippen molar-refractivity contribution in [1.29, 1.82) is 0 Å². The lowest BCUT2D eigenvalue weighted by Gasteiger charge is -2.29. The molecule has 1 aliphatic heterocycles. The van der Waals surface area contributed by atoms with Gasteiger partial charge in [-0.25, -0.2) is 0 Å². The Hall–Kier alpha value is -1.99. The number of carbonyl (C=O) groups excluding carboxylic acids is 2. The predicted molar refractivity (Wildman–Crippen MR) is 93.2 cm³/mol. The first-order valence-corrected chi connectivity index (χ1v) is 8.69. The molecule has 0 aromatic carbocycles. The van der Waals surface area contributed by atoms with Crippen LogP contribution in [0.4, 0.5) is 0 Å². The summed E-state index contributed by atoms with van der Waals surface area (Å²) in [5.41, 5.74) is 0.582. The van der Waals surface area contributed by atoms with Crippen molar-refractivity contribution < 1.29 is 19.1 Å². The molecule has 1 aromatic rings. The van der Waals surface area contributed by atoms with Crippen LogP contribution >= 0.6 is 0 Å². The van der Waals surface area contributed by atoms with Crippen molar-refractivity contribution in [3.8, 4) is 0 Å². The highest BCUT2D eigenvalue weighted by molar-refractivity contribution is 5.94. The van der Waals surface area contributed by atoms with Gasteiger partial charge in [0.05, 0.1) is 26.2 Å². The van der Waals surface area contributed by atoms with E-state index in [9.17, 15) is 9.59 Å². The van der Waals surface area contributed by atoms with Gasteiger partial charge in [0.15, 0.2) is 0 Å². The van der Waals surface area contributed by atoms with Crippen LogP contribution in [0.5, 0.6) is 0 Å². The maximum absolute atomic E-state index is 12.8. The Morgan fingerprint density at radius 3 is 2.64 bits per heavy atom. The van der Waals surface area contributed by atoms with Crippen LogP contribution in [0.15, 0.2) is 24.5 Å². The highest BCUT2D eigenvalue weighted by Crippen LogP contribution is 2.10. The van der Waals surface area contributed by atoms with Crippen LogP contribution < -0.4 is 0 Å². The van der Waals surface area contributed by atoms with Crippen LogP contribution in [0.3, 0.4) is 0 Å².